The second-order valence-corrected chi connectivity index (χ2v) is 6.23. The minimum atomic E-state index is 0.715. The molecule has 0 saturated heterocycles. The molecule has 1 rings (SSSR count). The van der Waals surface area contributed by atoms with Gasteiger partial charge in [0.15, 0.2) is 0 Å². The van der Waals surface area contributed by atoms with Crippen molar-refractivity contribution in [3.05, 3.63) is 22.8 Å². The highest BCUT2D eigenvalue weighted by Crippen LogP contribution is 2.13. The van der Waals surface area contributed by atoms with Crippen molar-refractivity contribution in [1.29, 1.82) is 0 Å². The van der Waals surface area contributed by atoms with Crippen LogP contribution in [0.3, 0.4) is 0 Å². The molecule has 0 fully saturated rings. The molecule has 1 heterocycles. The van der Waals surface area contributed by atoms with E-state index in [1.165, 1.54) is 5.56 Å². The predicted octanol–water partition coefficient (Wildman–Crippen LogP) is 2.33. The fourth-order valence-corrected chi connectivity index (χ4v) is 2.31. The third kappa shape index (κ3) is 5.97. The zero-order valence-electron chi connectivity index (χ0n) is 14.0. The topological polar surface area (TPSA) is 41.1 Å². The van der Waals surface area contributed by atoms with Crippen LogP contribution in [0.25, 0.3) is 0 Å². The van der Waals surface area contributed by atoms with Crippen molar-refractivity contribution in [1.82, 2.24) is 20.2 Å². The first-order valence-corrected chi connectivity index (χ1v) is 7.58. The van der Waals surface area contributed by atoms with Gasteiger partial charge in [-0.2, -0.15) is 0 Å². The molecule has 4 nitrogen and oxygen atoms in total. The standard InChI is InChI=1S/C16H30N4/c1-12(2)10-17-9-7-8-15-13(3)18-16(11-20(5)6)19-14(15)4/h12,17H,7-11H2,1-6H3. The lowest BCUT2D eigenvalue weighted by atomic mass is 10.1. The van der Waals surface area contributed by atoms with Crippen LogP contribution in [0.2, 0.25) is 0 Å². The fraction of sp³-hybridized carbons (Fsp3) is 0.750. The van der Waals surface area contributed by atoms with E-state index in [2.05, 4.69) is 47.9 Å². The Morgan fingerprint density at radius 3 is 2.20 bits per heavy atom. The van der Waals surface area contributed by atoms with Crippen LogP contribution >= 0.6 is 0 Å². The van der Waals surface area contributed by atoms with Gasteiger partial charge in [0.05, 0.1) is 6.54 Å². The van der Waals surface area contributed by atoms with Gasteiger partial charge in [-0.3, -0.25) is 0 Å². The van der Waals surface area contributed by atoms with E-state index in [1.54, 1.807) is 0 Å². The third-order valence-electron chi connectivity index (χ3n) is 3.26. The van der Waals surface area contributed by atoms with Crippen molar-refractivity contribution < 1.29 is 0 Å². The third-order valence-corrected chi connectivity index (χ3v) is 3.26. The molecule has 0 spiro atoms. The van der Waals surface area contributed by atoms with Crippen LogP contribution in [-0.4, -0.2) is 42.1 Å². The van der Waals surface area contributed by atoms with Gasteiger partial charge in [-0.1, -0.05) is 13.8 Å². The molecule has 4 heteroatoms. The predicted molar refractivity (Wildman–Crippen MR) is 84.9 cm³/mol. The van der Waals surface area contributed by atoms with Gasteiger partial charge in [0.2, 0.25) is 0 Å². The van der Waals surface area contributed by atoms with E-state index in [0.29, 0.717) is 5.92 Å². The average Bonchev–Trinajstić information content (AvgIpc) is 2.30. The average molecular weight is 278 g/mol. The van der Waals surface area contributed by atoms with Crippen LogP contribution in [0.5, 0.6) is 0 Å². The zero-order valence-corrected chi connectivity index (χ0v) is 14.0. The van der Waals surface area contributed by atoms with Gasteiger partial charge in [-0.25, -0.2) is 9.97 Å². The van der Waals surface area contributed by atoms with Crippen LogP contribution in [0.1, 0.15) is 43.0 Å². The van der Waals surface area contributed by atoms with Gasteiger partial charge in [0, 0.05) is 11.4 Å². The summed E-state index contributed by atoms with van der Waals surface area (Å²) in [6.07, 6.45) is 2.20. The molecule has 0 atom stereocenters. The number of hydrogen-bond donors (Lipinski definition) is 1. The van der Waals surface area contributed by atoms with Crippen molar-refractivity contribution in [3.8, 4) is 0 Å². The normalized spacial score (nSPS) is 11.6. The Bertz CT molecular complexity index is 390. The van der Waals surface area contributed by atoms with Gasteiger partial charge in [0.25, 0.3) is 0 Å². The summed E-state index contributed by atoms with van der Waals surface area (Å²) in [5, 5.41) is 3.48. The minimum Gasteiger partial charge on any atom is -0.316 e. The number of aromatic nitrogens is 2. The van der Waals surface area contributed by atoms with Crippen LogP contribution in [0.4, 0.5) is 0 Å². The molecule has 0 aliphatic carbocycles. The summed E-state index contributed by atoms with van der Waals surface area (Å²) < 4.78 is 0. The fourth-order valence-electron chi connectivity index (χ4n) is 2.31. The maximum atomic E-state index is 4.63. The number of aryl methyl sites for hydroxylation is 2. The van der Waals surface area contributed by atoms with Gasteiger partial charge in [0.1, 0.15) is 5.82 Å². The van der Waals surface area contributed by atoms with E-state index in [9.17, 15) is 0 Å². The van der Waals surface area contributed by atoms with Crippen molar-refractivity contribution in [2.45, 2.75) is 47.1 Å². The SMILES string of the molecule is Cc1nc(CN(C)C)nc(C)c1CCCNCC(C)C. The van der Waals surface area contributed by atoms with Crippen LogP contribution in [-0.2, 0) is 13.0 Å². The second kappa shape index (κ2) is 8.32. The van der Waals surface area contributed by atoms with Gasteiger partial charge in [-0.15, -0.1) is 0 Å². The molecule has 1 aromatic rings. The Kier molecular flexibility index (Phi) is 7.10. The van der Waals surface area contributed by atoms with E-state index in [1.807, 2.05) is 14.1 Å². The molecule has 0 bridgehead atoms. The van der Waals surface area contributed by atoms with Crippen LogP contribution in [0, 0.1) is 19.8 Å². The number of rotatable bonds is 8. The summed E-state index contributed by atoms with van der Waals surface area (Å²) in [5.74, 6) is 1.64. The summed E-state index contributed by atoms with van der Waals surface area (Å²) in [7, 11) is 4.09. The summed E-state index contributed by atoms with van der Waals surface area (Å²) in [4.78, 5) is 11.4. The lowest BCUT2D eigenvalue weighted by Crippen LogP contribution is -2.21. The largest absolute Gasteiger partial charge is 0.316 e. The molecule has 0 radical (unpaired) electrons. The van der Waals surface area contributed by atoms with E-state index in [4.69, 9.17) is 0 Å². The van der Waals surface area contributed by atoms with Crippen molar-refractivity contribution >= 4 is 0 Å². The lowest BCUT2D eigenvalue weighted by Gasteiger charge is -2.14. The van der Waals surface area contributed by atoms with Crippen LogP contribution in [0.15, 0.2) is 0 Å². The molecule has 1 N–H and O–H groups in total. The first-order chi connectivity index (χ1) is 9.40. The molecule has 0 aliphatic heterocycles. The molecule has 0 unspecified atom stereocenters. The Balaban J connectivity index is 2.53. The Morgan fingerprint density at radius 2 is 1.70 bits per heavy atom. The molecular weight excluding hydrogens is 248 g/mol. The molecule has 0 saturated carbocycles. The van der Waals surface area contributed by atoms with Crippen LogP contribution < -0.4 is 5.32 Å². The Labute approximate surface area is 124 Å². The Morgan fingerprint density at radius 1 is 1.10 bits per heavy atom. The van der Waals surface area contributed by atoms with Crippen molar-refractivity contribution in [3.63, 3.8) is 0 Å². The maximum absolute atomic E-state index is 4.63. The molecule has 0 amide bonds. The van der Waals surface area contributed by atoms with Gasteiger partial charge in [-0.05, 0) is 65.4 Å². The molecule has 1 aromatic heterocycles. The second-order valence-electron chi connectivity index (χ2n) is 6.23. The van der Waals surface area contributed by atoms with E-state index >= 15 is 0 Å². The summed E-state index contributed by atoms with van der Waals surface area (Å²) >= 11 is 0. The Hall–Kier alpha value is -1.00. The van der Waals surface area contributed by atoms with E-state index in [-0.39, 0.29) is 0 Å². The minimum absolute atomic E-state index is 0.715. The van der Waals surface area contributed by atoms with Gasteiger partial charge < -0.3 is 10.2 Å². The molecule has 114 valence electrons. The van der Waals surface area contributed by atoms with E-state index < -0.39 is 0 Å². The highest BCUT2D eigenvalue weighted by Gasteiger charge is 2.09. The van der Waals surface area contributed by atoms with Gasteiger partial charge >= 0.3 is 0 Å². The zero-order chi connectivity index (χ0) is 15.1. The number of nitrogens with one attached hydrogen (secondary N) is 1. The summed E-state index contributed by atoms with van der Waals surface area (Å²) in [6.45, 7) is 11.6. The first kappa shape index (κ1) is 17.1. The highest BCUT2D eigenvalue weighted by atomic mass is 15.1. The molecular formula is C16H30N4. The van der Waals surface area contributed by atoms with E-state index in [0.717, 1.165) is 49.7 Å². The smallest absolute Gasteiger partial charge is 0.142 e. The van der Waals surface area contributed by atoms with Crippen molar-refractivity contribution in [2.75, 3.05) is 27.2 Å². The molecule has 0 aliphatic rings. The number of nitrogens with zero attached hydrogens (tertiary/aromatic N) is 3. The molecule has 0 aromatic carbocycles. The monoisotopic (exact) mass is 278 g/mol. The maximum Gasteiger partial charge on any atom is 0.142 e. The number of hydrogen-bond acceptors (Lipinski definition) is 4. The lowest BCUT2D eigenvalue weighted by molar-refractivity contribution is 0.389. The first-order valence-electron chi connectivity index (χ1n) is 7.58. The van der Waals surface area contributed by atoms with Crippen molar-refractivity contribution in [2.24, 2.45) is 5.92 Å². The summed E-state index contributed by atoms with van der Waals surface area (Å²) in [6, 6.07) is 0. The highest BCUT2D eigenvalue weighted by molar-refractivity contribution is 5.24. The molecule has 20 heavy (non-hydrogen) atoms. The quantitative estimate of drug-likeness (QED) is 0.741. The summed E-state index contributed by atoms with van der Waals surface area (Å²) in [5.41, 5.74) is 3.59.